The predicted molar refractivity (Wildman–Crippen MR) is 62.1 cm³/mol. The molecule has 7 nitrogen and oxygen atoms in total. The van der Waals surface area contributed by atoms with E-state index in [1.54, 1.807) is 18.2 Å². The van der Waals surface area contributed by atoms with Gasteiger partial charge in [-0.25, -0.2) is 0 Å². The predicted octanol–water partition coefficient (Wildman–Crippen LogP) is -3.07. The van der Waals surface area contributed by atoms with Crippen LogP contribution in [-0.4, -0.2) is 69.0 Å². The van der Waals surface area contributed by atoms with E-state index in [-0.39, 0.29) is 40.5 Å². The maximum atomic E-state index is 11.0. The number of hydrogen-bond donors (Lipinski definition) is 3. The van der Waals surface area contributed by atoms with Gasteiger partial charge in [0, 0.05) is 0 Å². The Bertz CT molecular complexity index is 308. The standard InChI is InChI=1S/C8H9BO5.Na.2H2O.H/c10-7(8(11)14-9(12)13)6-4-2-1-3-5-6;;;;/h1-5,7,10,12-13H;;2*1H2;/t7-;;;;/m1..../s1. The number of carbonyl (C=O) groups is 1. The van der Waals surface area contributed by atoms with Gasteiger partial charge >= 0.3 is 42.8 Å². The van der Waals surface area contributed by atoms with Crippen LogP contribution < -0.4 is 0 Å². The first-order valence-corrected chi connectivity index (χ1v) is 3.91. The van der Waals surface area contributed by atoms with E-state index in [0.717, 1.165) is 0 Å². The zero-order chi connectivity index (χ0) is 10.6. The molecule has 92 valence electrons. The van der Waals surface area contributed by atoms with Gasteiger partial charge in [0.15, 0.2) is 6.10 Å². The van der Waals surface area contributed by atoms with Crippen molar-refractivity contribution < 1.29 is 35.6 Å². The van der Waals surface area contributed by atoms with Crippen molar-refractivity contribution in [3.05, 3.63) is 35.9 Å². The molecule has 0 unspecified atom stereocenters. The quantitative estimate of drug-likeness (QED) is 0.490. The van der Waals surface area contributed by atoms with Gasteiger partial charge in [-0.3, -0.25) is 4.79 Å². The Morgan fingerprint density at radius 2 is 1.65 bits per heavy atom. The molecular formula is C8H14BNaO7. The molecule has 1 atom stereocenters. The molecule has 0 spiro atoms. The number of hydrogen-bond acceptors (Lipinski definition) is 5. The van der Waals surface area contributed by atoms with E-state index in [9.17, 15) is 9.90 Å². The summed E-state index contributed by atoms with van der Waals surface area (Å²) in [7, 11) is -2.21. The van der Waals surface area contributed by atoms with E-state index in [0.29, 0.717) is 5.56 Å². The third-order valence-corrected chi connectivity index (χ3v) is 1.56. The van der Waals surface area contributed by atoms with Crippen LogP contribution in [0.15, 0.2) is 30.3 Å². The molecule has 1 aromatic rings. The minimum absolute atomic E-state index is 0. The monoisotopic (exact) mass is 256 g/mol. The molecule has 0 saturated carbocycles. The van der Waals surface area contributed by atoms with Crippen LogP contribution in [-0.2, 0) is 9.45 Å². The first-order chi connectivity index (χ1) is 6.61. The van der Waals surface area contributed by atoms with Crippen LogP contribution in [0, 0.1) is 0 Å². The van der Waals surface area contributed by atoms with Gasteiger partial charge in [-0.05, 0) is 5.56 Å². The van der Waals surface area contributed by atoms with E-state index in [1.807, 2.05) is 0 Å². The average Bonchev–Trinajstić information content (AvgIpc) is 2.17. The van der Waals surface area contributed by atoms with Gasteiger partial charge in [0.25, 0.3) is 0 Å². The second-order valence-corrected chi connectivity index (χ2v) is 2.58. The third kappa shape index (κ3) is 7.47. The van der Waals surface area contributed by atoms with Crippen molar-refractivity contribution in [2.24, 2.45) is 0 Å². The molecule has 0 bridgehead atoms. The SMILES string of the molecule is O.O.O=C(OB(O)O)[C@H](O)c1ccccc1.[NaH]. The molecule has 17 heavy (non-hydrogen) atoms. The van der Waals surface area contributed by atoms with Gasteiger partial charge in [-0.15, -0.1) is 0 Å². The molecule has 9 heteroatoms. The van der Waals surface area contributed by atoms with Crippen molar-refractivity contribution in [3.63, 3.8) is 0 Å². The van der Waals surface area contributed by atoms with Crippen molar-refractivity contribution >= 4 is 42.8 Å². The molecule has 0 fully saturated rings. The fourth-order valence-corrected chi connectivity index (χ4v) is 0.940. The first-order valence-electron chi connectivity index (χ1n) is 3.91. The Labute approximate surface area is 120 Å². The molecule has 7 N–H and O–H groups in total. The van der Waals surface area contributed by atoms with Crippen molar-refractivity contribution in [2.45, 2.75) is 6.10 Å². The molecular weight excluding hydrogens is 242 g/mol. The van der Waals surface area contributed by atoms with E-state index >= 15 is 0 Å². The van der Waals surface area contributed by atoms with Crippen LogP contribution in [0.3, 0.4) is 0 Å². The molecule has 0 amide bonds. The fraction of sp³-hybridized carbons (Fsp3) is 0.125. The zero-order valence-electron chi connectivity index (χ0n) is 8.20. The second-order valence-electron chi connectivity index (χ2n) is 2.58. The van der Waals surface area contributed by atoms with E-state index in [4.69, 9.17) is 10.0 Å². The summed E-state index contributed by atoms with van der Waals surface area (Å²) >= 11 is 0. The summed E-state index contributed by atoms with van der Waals surface area (Å²) in [4.78, 5) is 11.0. The minimum atomic E-state index is -2.21. The number of aliphatic hydroxyl groups excluding tert-OH is 1. The Hall–Kier alpha value is -0.445. The van der Waals surface area contributed by atoms with Gasteiger partial charge in [0.2, 0.25) is 0 Å². The molecule has 0 aliphatic carbocycles. The molecule has 1 aromatic carbocycles. The Kier molecular flexibility index (Phi) is 13.7. The van der Waals surface area contributed by atoms with Crippen LogP contribution in [0.1, 0.15) is 11.7 Å². The van der Waals surface area contributed by atoms with Gasteiger partial charge in [-0.2, -0.15) is 0 Å². The summed E-state index contributed by atoms with van der Waals surface area (Å²) in [6.07, 6.45) is -1.50. The normalized spacial score (nSPS) is 9.82. The second kappa shape index (κ2) is 10.7. The summed E-state index contributed by atoms with van der Waals surface area (Å²) in [6.45, 7) is 0. The number of benzene rings is 1. The van der Waals surface area contributed by atoms with Crippen molar-refractivity contribution in [3.8, 4) is 0 Å². The van der Waals surface area contributed by atoms with E-state index < -0.39 is 19.4 Å². The van der Waals surface area contributed by atoms with Crippen LogP contribution >= 0.6 is 0 Å². The van der Waals surface area contributed by atoms with Crippen LogP contribution in [0.25, 0.3) is 0 Å². The van der Waals surface area contributed by atoms with Crippen molar-refractivity contribution in [1.82, 2.24) is 0 Å². The van der Waals surface area contributed by atoms with Gasteiger partial charge < -0.3 is 30.8 Å². The van der Waals surface area contributed by atoms with Crippen LogP contribution in [0.5, 0.6) is 0 Å². The average molecular weight is 256 g/mol. The van der Waals surface area contributed by atoms with Gasteiger partial charge in [0.05, 0.1) is 0 Å². The van der Waals surface area contributed by atoms with Crippen LogP contribution in [0.4, 0.5) is 0 Å². The fourth-order valence-electron chi connectivity index (χ4n) is 0.940. The molecule has 0 aliphatic heterocycles. The molecule has 1 rings (SSSR count). The summed E-state index contributed by atoms with van der Waals surface area (Å²) in [5, 5.41) is 26.0. The molecule has 0 saturated heterocycles. The summed E-state index contributed by atoms with van der Waals surface area (Å²) in [5.74, 6) is -1.11. The van der Waals surface area contributed by atoms with Crippen molar-refractivity contribution in [2.75, 3.05) is 0 Å². The van der Waals surface area contributed by atoms with Gasteiger partial charge in [-0.1, -0.05) is 30.3 Å². The number of carbonyl (C=O) groups excluding carboxylic acids is 1. The molecule has 0 aliphatic rings. The van der Waals surface area contributed by atoms with Gasteiger partial charge in [0.1, 0.15) is 0 Å². The summed E-state index contributed by atoms with van der Waals surface area (Å²) in [5.41, 5.74) is 0.332. The molecule has 0 heterocycles. The zero-order valence-corrected chi connectivity index (χ0v) is 8.20. The van der Waals surface area contributed by atoms with E-state index in [1.165, 1.54) is 12.1 Å². The molecule has 0 radical (unpaired) electrons. The van der Waals surface area contributed by atoms with Crippen LogP contribution in [0.2, 0.25) is 0 Å². The Morgan fingerprint density at radius 1 is 1.18 bits per heavy atom. The Morgan fingerprint density at radius 3 is 2.06 bits per heavy atom. The maximum absolute atomic E-state index is 11.0. The molecule has 0 aromatic heterocycles. The van der Waals surface area contributed by atoms with Crippen molar-refractivity contribution in [1.29, 1.82) is 0 Å². The number of rotatable bonds is 3. The Balaban J connectivity index is -0.000000653. The summed E-state index contributed by atoms with van der Waals surface area (Å²) < 4.78 is 3.99. The first kappa shape index (κ1) is 21.8. The number of aliphatic hydroxyl groups is 1. The third-order valence-electron chi connectivity index (χ3n) is 1.56. The summed E-state index contributed by atoms with van der Waals surface area (Å²) in [6, 6.07) is 8.05. The van der Waals surface area contributed by atoms with E-state index in [2.05, 4.69) is 4.65 Å². The topological polar surface area (TPSA) is 150 Å².